The highest BCUT2D eigenvalue weighted by molar-refractivity contribution is 7.79. The number of carbonyl (C=O) groups is 2. The number of thiol groups is 1. The van der Waals surface area contributed by atoms with Crippen LogP contribution in [-0.2, 0) is 9.59 Å². The topological polar surface area (TPSA) is 67.9 Å². The summed E-state index contributed by atoms with van der Waals surface area (Å²) >= 11 is 3.53. The molecule has 1 N–H and O–H groups in total. The Hall–Kier alpha value is -1.73. The molecule has 0 radical (unpaired) electrons. The number of fused-ring (bicyclic) bond motifs is 1. The number of likely N-dealkylation sites (tertiary alicyclic amines) is 1. The number of nitrogens with one attached hydrogen (secondary N) is 1. The van der Waals surface area contributed by atoms with Crippen molar-refractivity contribution in [2.24, 2.45) is 5.92 Å². The average molecular weight is 366 g/mol. The summed E-state index contributed by atoms with van der Waals surface area (Å²) in [5.41, 5.74) is 1.11. The molecule has 0 saturated carbocycles. The molecule has 0 aliphatic carbocycles. The Morgan fingerprint density at radius 2 is 2.04 bits per heavy atom. The van der Waals surface area contributed by atoms with Crippen molar-refractivity contribution in [1.82, 2.24) is 10.2 Å². The van der Waals surface area contributed by atoms with E-state index >= 15 is 0 Å². The van der Waals surface area contributed by atoms with Gasteiger partial charge in [-0.25, -0.2) is 0 Å². The third-order valence-corrected chi connectivity index (χ3v) is 4.68. The summed E-state index contributed by atoms with van der Waals surface area (Å²) in [6.45, 7) is 4.07. The van der Waals surface area contributed by atoms with Crippen molar-refractivity contribution in [3.05, 3.63) is 23.8 Å². The lowest BCUT2D eigenvalue weighted by Gasteiger charge is -2.27. The molecule has 0 spiro atoms. The van der Waals surface area contributed by atoms with Crippen LogP contribution in [0.5, 0.6) is 11.5 Å². The largest absolute Gasteiger partial charge is 0.454 e. The van der Waals surface area contributed by atoms with Crippen LogP contribution >= 0.6 is 12.6 Å². The van der Waals surface area contributed by atoms with Crippen molar-refractivity contribution in [2.45, 2.75) is 38.4 Å². The smallest absolute Gasteiger partial charge is 0.237 e. The zero-order valence-corrected chi connectivity index (χ0v) is 16.0. The fourth-order valence-corrected chi connectivity index (χ4v) is 3.55. The van der Waals surface area contributed by atoms with Crippen molar-refractivity contribution < 1.29 is 19.1 Å². The maximum Gasteiger partial charge on any atom is 0.237 e. The van der Waals surface area contributed by atoms with Gasteiger partial charge in [-0.2, -0.15) is 12.6 Å². The number of likely N-dealkylation sites (N-methyl/N-ethyl adjacent to an activating group) is 1. The van der Waals surface area contributed by atoms with E-state index in [9.17, 15) is 9.59 Å². The second kappa shape index (κ2) is 8.58. The molecule has 0 bridgehead atoms. The van der Waals surface area contributed by atoms with Crippen LogP contribution in [0.25, 0.3) is 0 Å². The highest BCUT2D eigenvalue weighted by atomic mass is 32.1. The fourth-order valence-electron chi connectivity index (χ4n) is 3.55. The molecule has 4 atom stereocenters. The molecule has 1 amide bonds. The molecule has 25 heavy (non-hydrogen) atoms. The molecule has 2 aliphatic heterocycles. The Kier molecular flexibility index (Phi) is 6.72. The van der Waals surface area contributed by atoms with Crippen LogP contribution in [0.15, 0.2) is 18.2 Å². The van der Waals surface area contributed by atoms with Crippen molar-refractivity contribution in [2.75, 3.05) is 20.1 Å². The lowest BCUT2D eigenvalue weighted by molar-refractivity contribution is -0.127. The quantitative estimate of drug-likeness (QED) is 0.631. The molecule has 2 aliphatic rings. The molecule has 4 unspecified atom stereocenters. The van der Waals surface area contributed by atoms with E-state index in [1.807, 2.05) is 25.2 Å². The first-order valence-corrected chi connectivity index (χ1v) is 9.22. The van der Waals surface area contributed by atoms with E-state index in [2.05, 4.69) is 29.8 Å². The number of hydrogen-bond donors (Lipinski definition) is 2. The van der Waals surface area contributed by atoms with Crippen LogP contribution in [-0.4, -0.2) is 49.3 Å². The van der Waals surface area contributed by atoms with Gasteiger partial charge >= 0.3 is 0 Å². The predicted molar refractivity (Wildman–Crippen MR) is 99.2 cm³/mol. The average Bonchev–Trinajstić information content (AvgIpc) is 3.19. The molecule has 2 heterocycles. The monoisotopic (exact) mass is 366 g/mol. The number of ether oxygens (including phenoxy) is 2. The SMILES string of the molecule is CC(C=O)NC(=O)C1CC(C)C(c2ccc3c(c2)OCO3)N1C.CS. The molecule has 1 aromatic carbocycles. The van der Waals surface area contributed by atoms with Gasteiger partial charge in [0.15, 0.2) is 11.5 Å². The zero-order chi connectivity index (χ0) is 18.6. The number of nitrogens with zero attached hydrogens (tertiary/aromatic N) is 1. The van der Waals surface area contributed by atoms with Crippen molar-refractivity contribution in [3.63, 3.8) is 0 Å². The summed E-state index contributed by atoms with van der Waals surface area (Å²) in [6.07, 6.45) is 3.19. The Balaban J connectivity index is 0.00000109. The number of rotatable bonds is 4. The van der Waals surface area contributed by atoms with Crippen LogP contribution in [0.2, 0.25) is 0 Å². The minimum atomic E-state index is -0.462. The number of hydrogen-bond acceptors (Lipinski definition) is 6. The first-order valence-electron chi connectivity index (χ1n) is 8.33. The summed E-state index contributed by atoms with van der Waals surface area (Å²) < 4.78 is 10.8. The number of carbonyl (C=O) groups excluding carboxylic acids is 2. The molecular weight excluding hydrogens is 340 g/mol. The summed E-state index contributed by atoms with van der Waals surface area (Å²) in [4.78, 5) is 25.2. The van der Waals surface area contributed by atoms with Gasteiger partial charge < -0.3 is 19.6 Å². The summed E-state index contributed by atoms with van der Waals surface area (Å²) in [7, 11) is 1.95. The minimum Gasteiger partial charge on any atom is -0.454 e. The maximum atomic E-state index is 12.4. The molecule has 138 valence electrons. The van der Waals surface area contributed by atoms with Gasteiger partial charge in [0, 0.05) is 6.04 Å². The van der Waals surface area contributed by atoms with Gasteiger partial charge in [-0.1, -0.05) is 13.0 Å². The van der Waals surface area contributed by atoms with Crippen molar-refractivity contribution in [3.8, 4) is 11.5 Å². The summed E-state index contributed by atoms with van der Waals surface area (Å²) in [5.74, 6) is 1.74. The summed E-state index contributed by atoms with van der Waals surface area (Å²) in [6, 6.07) is 5.37. The maximum absolute atomic E-state index is 12.4. The number of benzene rings is 1. The molecule has 1 aromatic rings. The van der Waals surface area contributed by atoms with E-state index in [0.717, 1.165) is 29.8 Å². The molecule has 0 aromatic heterocycles. The van der Waals surface area contributed by atoms with Crippen molar-refractivity contribution >= 4 is 24.8 Å². The van der Waals surface area contributed by atoms with Crippen LogP contribution < -0.4 is 14.8 Å². The molecule has 3 rings (SSSR count). The van der Waals surface area contributed by atoms with Crippen LogP contribution in [0, 0.1) is 5.92 Å². The van der Waals surface area contributed by atoms with Gasteiger partial charge in [-0.05, 0) is 50.3 Å². The Labute approximate surface area is 154 Å². The van der Waals surface area contributed by atoms with Crippen LogP contribution in [0.3, 0.4) is 0 Å². The third kappa shape index (κ3) is 4.10. The Bertz CT molecular complexity index is 625. The first-order chi connectivity index (χ1) is 12.0. The van der Waals surface area contributed by atoms with E-state index in [0.29, 0.717) is 5.92 Å². The second-order valence-electron chi connectivity index (χ2n) is 6.39. The van der Waals surface area contributed by atoms with Gasteiger partial charge in [0.1, 0.15) is 6.29 Å². The lowest BCUT2D eigenvalue weighted by Crippen LogP contribution is -2.45. The number of aldehydes is 1. The van der Waals surface area contributed by atoms with E-state index in [-0.39, 0.29) is 24.8 Å². The van der Waals surface area contributed by atoms with Gasteiger partial charge in [-0.3, -0.25) is 9.69 Å². The highest BCUT2D eigenvalue weighted by Gasteiger charge is 2.41. The number of amides is 1. The van der Waals surface area contributed by atoms with E-state index in [1.165, 1.54) is 0 Å². The Morgan fingerprint density at radius 1 is 1.36 bits per heavy atom. The fraction of sp³-hybridized carbons (Fsp3) is 0.556. The van der Waals surface area contributed by atoms with E-state index in [1.54, 1.807) is 13.2 Å². The molecule has 1 saturated heterocycles. The molecule has 6 nitrogen and oxygen atoms in total. The lowest BCUT2D eigenvalue weighted by atomic mass is 9.94. The zero-order valence-electron chi connectivity index (χ0n) is 15.1. The van der Waals surface area contributed by atoms with Gasteiger partial charge in [0.25, 0.3) is 0 Å². The normalized spacial score (nSPS) is 25.7. The van der Waals surface area contributed by atoms with E-state index < -0.39 is 6.04 Å². The van der Waals surface area contributed by atoms with E-state index in [4.69, 9.17) is 9.47 Å². The highest BCUT2D eigenvalue weighted by Crippen LogP contribution is 2.43. The van der Waals surface area contributed by atoms with Gasteiger partial charge in [0.2, 0.25) is 12.7 Å². The molecule has 1 fully saturated rings. The second-order valence-corrected chi connectivity index (χ2v) is 6.39. The van der Waals surface area contributed by atoms with Crippen molar-refractivity contribution in [1.29, 1.82) is 0 Å². The van der Waals surface area contributed by atoms with Gasteiger partial charge in [0.05, 0.1) is 12.1 Å². The third-order valence-electron chi connectivity index (χ3n) is 4.68. The first kappa shape index (κ1) is 19.6. The standard InChI is InChI=1S/C17H22N2O4.CH4S/c1-10-6-13(17(21)18-11(2)8-20)19(3)16(10)12-4-5-14-15(7-12)23-9-22-14;1-2/h4-5,7-8,10-11,13,16H,6,9H2,1-3H3,(H,18,21);2H,1H3. The summed E-state index contributed by atoms with van der Waals surface area (Å²) in [5, 5.41) is 2.74. The van der Waals surface area contributed by atoms with Crippen LogP contribution in [0.4, 0.5) is 0 Å². The molecule has 7 heteroatoms. The van der Waals surface area contributed by atoms with Crippen LogP contribution in [0.1, 0.15) is 31.9 Å². The van der Waals surface area contributed by atoms with Gasteiger partial charge in [-0.15, -0.1) is 0 Å². The molecular formula is C18H26N2O4S. The minimum absolute atomic E-state index is 0.0952. The predicted octanol–water partition coefficient (Wildman–Crippen LogP) is 2.05. The Morgan fingerprint density at radius 3 is 2.72 bits per heavy atom.